The fourth-order valence-electron chi connectivity index (χ4n) is 1.60. The van der Waals surface area contributed by atoms with Gasteiger partial charge in [0.2, 0.25) is 0 Å². The van der Waals surface area contributed by atoms with E-state index in [1.54, 1.807) is 12.1 Å². The molecule has 1 unspecified atom stereocenters. The van der Waals surface area contributed by atoms with E-state index in [-0.39, 0.29) is 5.82 Å². The largest absolute Gasteiger partial charge is 0.317 e. The number of halogens is 1. The van der Waals surface area contributed by atoms with Crippen molar-refractivity contribution in [2.75, 3.05) is 13.1 Å². The van der Waals surface area contributed by atoms with E-state index in [4.69, 9.17) is 0 Å². The van der Waals surface area contributed by atoms with Gasteiger partial charge in [-0.2, -0.15) is 0 Å². The van der Waals surface area contributed by atoms with Crippen LogP contribution in [-0.2, 0) is 0 Å². The SMILES string of the molecule is CCCNCCC(C)c1cccc(F)c1. The van der Waals surface area contributed by atoms with Crippen LogP contribution in [0.2, 0.25) is 0 Å². The lowest BCUT2D eigenvalue weighted by Crippen LogP contribution is -2.17. The molecule has 1 aromatic rings. The molecule has 1 atom stereocenters. The van der Waals surface area contributed by atoms with E-state index >= 15 is 0 Å². The summed E-state index contributed by atoms with van der Waals surface area (Å²) in [5.41, 5.74) is 1.09. The van der Waals surface area contributed by atoms with E-state index in [0.717, 1.165) is 31.5 Å². The highest BCUT2D eigenvalue weighted by atomic mass is 19.1. The van der Waals surface area contributed by atoms with Gasteiger partial charge in [0.15, 0.2) is 0 Å². The molecular formula is C13H20FN. The van der Waals surface area contributed by atoms with Gasteiger partial charge in [-0.05, 0) is 49.5 Å². The molecule has 1 rings (SSSR count). The normalized spacial score (nSPS) is 12.7. The Kier molecular flexibility index (Phi) is 5.33. The van der Waals surface area contributed by atoms with Gasteiger partial charge in [-0.25, -0.2) is 4.39 Å². The van der Waals surface area contributed by atoms with Crippen molar-refractivity contribution in [2.24, 2.45) is 0 Å². The van der Waals surface area contributed by atoms with E-state index < -0.39 is 0 Å². The minimum Gasteiger partial charge on any atom is -0.317 e. The van der Waals surface area contributed by atoms with Crippen molar-refractivity contribution >= 4 is 0 Å². The minimum absolute atomic E-state index is 0.138. The van der Waals surface area contributed by atoms with Crippen molar-refractivity contribution in [3.63, 3.8) is 0 Å². The Morgan fingerprint density at radius 2 is 2.13 bits per heavy atom. The molecule has 0 aliphatic carbocycles. The fourth-order valence-corrected chi connectivity index (χ4v) is 1.60. The maximum Gasteiger partial charge on any atom is 0.123 e. The molecule has 1 nitrogen and oxygen atoms in total. The van der Waals surface area contributed by atoms with Crippen molar-refractivity contribution in [2.45, 2.75) is 32.6 Å². The molecular weight excluding hydrogens is 189 g/mol. The molecule has 0 heterocycles. The maximum absolute atomic E-state index is 13.0. The van der Waals surface area contributed by atoms with Crippen LogP contribution in [0.4, 0.5) is 4.39 Å². The first kappa shape index (κ1) is 12.2. The Hall–Kier alpha value is -0.890. The van der Waals surface area contributed by atoms with Gasteiger partial charge in [-0.15, -0.1) is 0 Å². The van der Waals surface area contributed by atoms with Gasteiger partial charge in [0.1, 0.15) is 5.82 Å². The highest BCUT2D eigenvalue weighted by Gasteiger charge is 2.05. The molecule has 0 saturated carbocycles. The molecule has 2 heteroatoms. The van der Waals surface area contributed by atoms with Crippen LogP contribution in [0, 0.1) is 5.82 Å². The number of nitrogens with one attached hydrogen (secondary N) is 1. The van der Waals surface area contributed by atoms with Crippen molar-refractivity contribution in [3.8, 4) is 0 Å². The molecule has 0 aromatic heterocycles. The second-order valence-electron chi connectivity index (χ2n) is 3.99. The van der Waals surface area contributed by atoms with Gasteiger partial charge in [0.25, 0.3) is 0 Å². The second kappa shape index (κ2) is 6.57. The molecule has 0 saturated heterocycles. The highest BCUT2D eigenvalue weighted by Crippen LogP contribution is 2.18. The summed E-state index contributed by atoms with van der Waals surface area (Å²) in [6.45, 7) is 6.37. The lowest BCUT2D eigenvalue weighted by atomic mass is 9.98. The molecule has 0 fully saturated rings. The molecule has 0 amide bonds. The molecule has 1 N–H and O–H groups in total. The molecule has 0 aliphatic heterocycles. The summed E-state index contributed by atoms with van der Waals surface area (Å²) in [6.07, 6.45) is 2.22. The number of hydrogen-bond donors (Lipinski definition) is 1. The Morgan fingerprint density at radius 1 is 1.33 bits per heavy atom. The molecule has 15 heavy (non-hydrogen) atoms. The van der Waals surface area contributed by atoms with Gasteiger partial charge < -0.3 is 5.32 Å². The molecule has 84 valence electrons. The quantitative estimate of drug-likeness (QED) is 0.709. The van der Waals surface area contributed by atoms with Gasteiger partial charge >= 0.3 is 0 Å². The number of hydrogen-bond acceptors (Lipinski definition) is 1. The van der Waals surface area contributed by atoms with Crippen LogP contribution in [0.15, 0.2) is 24.3 Å². The van der Waals surface area contributed by atoms with Crippen LogP contribution in [-0.4, -0.2) is 13.1 Å². The summed E-state index contributed by atoms with van der Waals surface area (Å²) in [5.74, 6) is 0.283. The van der Waals surface area contributed by atoms with Crippen molar-refractivity contribution in [1.29, 1.82) is 0 Å². The summed E-state index contributed by atoms with van der Waals surface area (Å²) in [7, 11) is 0. The zero-order valence-corrected chi connectivity index (χ0v) is 9.59. The van der Waals surface area contributed by atoms with Crippen molar-refractivity contribution < 1.29 is 4.39 Å². The third-order valence-electron chi connectivity index (χ3n) is 2.60. The molecule has 0 bridgehead atoms. The van der Waals surface area contributed by atoms with Crippen LogP contribution < -0.4 is 5.32 Å². The lowest BCUT2D eigenvalue weighted by molar-refractivity contribution is 0.582. The molecule has 0 aliphatic rings. The zero-order valence-electron chi connectivity index (χ0n) is 9.59. The Balaban J connectivity index is 2.36. The summed E-state index contributed by atoms with van der Waals surface area (Å²) in [5, 5.41) is 3.36. The Labute approximate surface area is 91.7 Å². The van der Waals surface area contributed by atoms with E-state index in [0.29, 0.717) is 5.92 Å². The lowest BCUT2D eigenvalue weighted by Gasteiger charge is -2.12. The van der Waals surface area contributed by atoms with Gasteiger partial charge in [0.05, 0.1) is 0 Å². The summed E-state index contributed by atoms with van der Waals surface area (Å²) in [6, 6.07) is 6.89. The zero-order chi connectivity index (χ0) is 11.1. The summed E-state index contributed by atoms with van der Waals surface area (Å²) in [4.78, 5) is 0. The third-order valence-corrected chi connectivity index (χ3v) is 2.60. The van der Waals surface area contributed by atoms with E-state index in [1.165, 1.54) is 6.07 Å². The summed E-state index contributed by atoms with van der Waals surface area (Å²) < 4.78 is 13.0. The first-order valence-corrected chi connectivity index (χ1v) is 5.70. The monoisotopic (exact) mass is 209 g/mol. The van der Waals surface area contributed by atoms with Gasteiger partial charge in [-0.1, -0.05) is 26.0 Å². The van der Waals surface area contributed by atoms with E-state index in [9.17, 15) is 4.39 Å². The smallest absolute Gasteiger partial charge is 0.123 e. The van der Waals surface area contributed by atoms with Crippen molar-refractivity contribution in [1.82, 2.24) is 5.32 Å². The van der Waals surface area contributed by atoms with E-state index in [1.807, 2.05) is 6.07 Å². The van der Waals surface area contributed by atoms with Gasteiger partial charge in [0, 0.05) is 0 Å². The third kappa shape index (κ3) is 4.43. The first-order chi connectivity index (χ1) is 7.24. The average Bonchev–Trinajstić information content (AvgIpc) is 2.24. The molecule has 1 aromatic carbocycles. The van der Waals surface area contributed by atoms with Crippen LogP contribution in [0.5, 0.6) is 0 Å². The Bertz CT molecular complexity index is 286. The molecule has 0 spiro atoms. The second-order valence-corrected chi connectivity index (χ2v) is 3.99. The number of rotatable bonds is 6. The standard InChI is InChI=1S/C13H20FN/c1-3-8-15-9-7-11(2)12-5-4-6-13(14)10-12/h4-6,10-11,15H,3,7-9H2,1-2H3. The fraction of sp³-hybridized carbons (Fsp3) is 0.538. The topological polar surface area (TPSA) is 12.0 Å². The Morgan fingerprint density at radius 3 is 2.80 bits per heavy atom. The van der Waals surface area contributed by atoms with Crippen LogP contribution in [0.1, 0.15) is 38.2 Å². The summed E-state index contributed by atoms with van der Waals surface area (Å²) >= 11 is 0. The molecule has 0 radical (unpaired) electrons. The van der Waals surface area contributed by atoms with E-state index in [2.05, 4.69) is 19.2 Å². The first-order valence-electron chi connectivity index (χ1n) is 5.70. The van der Waals surface area contributed by atoms with Crippen LogP contribution in [0.3, 0.4) is 0 Å². The predicted molar refractivity (Wildman–Crippen MR) is 62.6 cm³/mol. The minimum atomic E-state index is -0.138. The average molecular weight is 209 g/mol. The van der Waals surface area contributed by atoms with Gasteiger partial charge in [-0.3, -0.25) is 0 Å². The van der Waals surface area contributed by atoms with Crippen LogP contribution in [0.25, 0.3) is 0 Å². The number of benzene rings is 1. The van der Waals surface area contributed by atoms with Crippen LogP contribution >= 0.6 is 0 Å². The predicted octanol–water partition coefficient (Wildman–Crippen LogP) is 3.32. The van der Waals surface area contributed by atoms with Crippen molar-refractivity contribution in [3.05, 3.63) is 35.6 Å². The maximum atomic E-state index is 13.0. The highest BCUT2D eigenvalue weighted by molar-refractivity contribution is 5.19.